The molecule has 5 nitrogen and oxygen atoms in total. The zero-order valence-corrected chi connectivity index (χ0v) is 20.1. The van der Waals surface area contributed by atoms with Gasteiger partial charge in [0, 0.05) is 6.54 Å². The lowest BCUT2D eigenvalue weighted by Gasteiger charge is -2.23. The molecule has 202 valence electrons. The summed E-state index contributed by atoms with van der Waals surface area (Å²) < 4.78 is 81.4. The highest BCUT2D eigenvalue weighted by Gasteiger charge is 2.34. The zero-order chi connectivity index (χ0) is 28.1. The molecule has 3 aromatic carbocycles. The van der Waals surface area contributed by atoms with Crippen LogP contribution in [0.1, 0.15) is 47.2 Å². The molecule has 0 aliphatic rings. The van der Waals surface area contributed by atoms with Gasteiger partial charge in [0.1, 0.15) is 0 Å². The summed E-state index contributed by atoms with van der Waals surface area (Å²) >= 11 is 0. The van der Waals surface area contributed by atoms with Gasteiger partial charge in [-0.05, 0) is 58.5 Å². The van der Waals surface area contributed by atoms with Crippen LogP contribution in [0.2, 0.25) is 0 Å². The van der Waals surface area contributed by atoms with Crippen LogP contribution in [0.25, 0.3) is 11.1 Å². The second-order valence-electron chi connectivity index (χ2n) is 8.56. The number of nitrogens with one attached hydrogen (secondary N) is 2. The summed E-state index contributed by atoms with van der Waals surface area (Å²) in [4.78, 5) is 23.8. The molecule has 1 atom stereocenters. The first-order valence-corrected chi connectivity index (χ1v) is 11.5. The summed E-state index contributed by atoms with van der Waals surface area (Å²) in [5.74, 6) is -1.37. The first-order valence-electron chi connectivity index (χ1n) is 11.5. The smallest absolute Gasteiger partial charge is 0.416 e. The largest absolute Gasteiger partial charge is 0.481 e. The molecular weight excluding hydrogens is 514 g/mol. The molecule has 11 heteroatoms. The maximum Gasteiger partial charge on any atom is 0.416 e. The lowest BCUT2D eigenvalue weighted by atomic mass is 9.89. The van der Waals surface area contributed by atoms with Crippen molar-refractivity contribution in [2.75, 3.05) is 0 Å². The summed E-state index contributed by atoms with van der Waals surface area (Å²) in [6, 6.07) is 12.4. The fraction of sp³-hybridized carbons (Fsp3) is 0.259. The third-order valence-electron chi connectivity index (χ3n) is 5.75. The number of rotatable bonds is 8. The van der Waals surface area contributed by atoms with Gasteiger partial charge in [0.2, 0.25) is 0 Å². The molecule has 0 bridgehead atoms. The van der Waals surface area contributed by atoms with Crippen molar-refractivity contribution in [2.45, 2.75) is 44.7 Å². The van der Waals surface area contributed by atoms with E-state index in [0.717, 1.165) is 29.8 Å². The summed E-state index contributed by atoms with van der Waals surface area (Å²) in [5, 5.41) is 14.3. The maximum atomic E-state index is 13.6. The highest BCUT2D eigenvalue weighted by Crippen LogP contribution is 2.39. The topological polar surface area (TPSA) is 78.4 Å². The Morgan fingerprint density at radius 1 is 0.842 bits per heavy atom. The number of carbonyl (C=O) groups excluding carboxylic acids is 1. The summed E-state index contributed by atoms with van der Waals surface area (Å²) in [6.07, 6.45) is -10.2. The first kappa shape index (κ1) is 28.5. The van der Waals surface area contributed by atoms with Crippen molar-refractivity contribution in [3.05, 3.63) is 94.5 Å². The van der Waals surface area contributed by atoms with Crippen LogP contribution in [0.15, 0.2) is 66.7 Å². The number of hydrogen-bond acceptors (Lipinski definition) is 2. The van der Waals surface area contributed by atoms with Gasteiger partial charge in [0.05, 0.1) is 23.6 Å². The molecule has 3 N–H and O–H groups in total. The minimum atomic E-state index is -4.82. The van der Waals surface area contributed by atoms with E-state index in [1.54, 1.807) is 37.3 Å². The van der Waals surface area contributed by atoms with E-state index in [9.17, 15) is 35.9 Å². The second-order valence-corrected chi connectivity index (χ2v) is 8.56. The van der Waals surface area contributed by atoms with E-state index in [2.05, 4.69) is 10.6 Å². The van der Waals surface area contributed by atoms with Crippen molar-refractivity contribution in [3.63, 3.8) is 0 Å². The molecule has 0 radical (unpaired) electrons. The molecule has 38 heavy (non-hydrogen) atoms. The second kappa shape index (κ2) is 11.6. The molecule has 3 rings (SSSR count). The Hall–Kier alpha value is -4.02. The van der Waals surface area contributed by atoms with Crippen molar-refractivity contribution in [1.82, 2.24) is 10.6 Å². The van der Waals surface area contributed by atoms with Crippen LogP contribution in [-0.4, -0.2) is 17.1 Å². The van der Waals surface area contributed by atoms with Crippen molar-refractivity contribution < 1.29 is 41.0 Å². The monoisotopic (exact) mass is 538 g/mol. The third kappa shape index (κ3) is 7.50. The lowest BCUT2D eigenvalue weighted by molar-refractivity contribution is -0.138. The lowest BCUT2D eigenvalue weighted by Crippen LogP contribution is -2.37. The molecule has 0 aromatic heterocycles. The average molecular weight is 538 g/mol. The number of carbonyl (C=O) groups is 2. The molecule has 1 unspecified atom stereocenters. The van der Waals surface area contributed by atoms with Gasteiger partial charge in [-0.3, -0.25) is 4.79 Å². The minimum Gasteiger partial charge on any atom is -0.481 e. The fourth-order valence-electron chi connectivity index (χ4n) is 3.97. The molecule has 0 fully saturated rings. The highest BCUT2D eigenvalue weighted by atomic mass is 19.4. The van der Waals surface area contributed by atoms with Crippen LogP contribution in [0.4, 0.5) is 31.1 Å². The highest BCUT2D eigenvalue weighted by molar-refractivity contribution is 5.77. The molecule has 0 aliphatic heterocycles. The standard InChI is InChI=1S/C27H24F6N2O3/c1-2-23(35-25(38)34-15-16-6-4-3-5-7-16)22-14-19(26(28,29)30)8-9-21(22)18-10-17(12-24(36)37)11-20(13-18)27(31,32)33/h3-11,13-14,23H,2,12,15H2,1H3,(H,36,37)(H2,34,35,38). The number of benzene rings is 3. The van der Waals surface area contributed by atoms with E-state index >= 15 is 0 Å². The number of carboxylic acid groups (broad SMARTS) is 1. The Morgan fingerprint density at radius 3 is 2.08 bits per heavy atom. The maximum absolute atomic E-state index is 13.6. The number of carboxylic acids is 1. The normalized spacial score (nSPS) is 12.6. The van der Waals surface area contributed by atoms with Gasteiger partial charge in [0.15, 0.2) is 0 Å². The minimum absolute atomic E-state index is 0.00551. The van der Waals surface area contributed by atoms with Crippen LogP contribution in [0.3, 0.4) is 0 Å². The predicted molar refractivity (Wildman–Crippen MR) is 128 cm³/mol. The van der Waals surface area contributed by atoms with E-state index in [1.165, 1.54) is 6.07 Å². The van der Waals surface area contributed by atoms with Gasteiger partial charge in [-0.1, -0.05) is 49.4 Å². The Bertz CT molecular complexity index is 1290. The van der Waals surface area contributed by atoms with Gasteiger partial charge in [-0.25, -0.2) is 4.79 Å². The van der Waals surface area contributed by atoms with E-state index in [1.807, 2.05) is 0 Å². The molecule has 0 spiro atoms. The van der Waals surface area contributed by atoms with Gasteiger partial charge >= 0.3 is 24.4 Å². The molecule has 0 saturated heterocycles. The van der Waals surface area contributed by atoms with E-state index < -0.39 is 47.9 Å². The summed E-state index contributed by atoms with van der Waals surface area (Å²) in [6.45, 7) is 1.75. The zero-order valence-electron chi connectivity index (χ0n) is 20.1. The Labute approximate surface area is 214 Å². The van der Waals surface area contributed by atoms with Crippen LogP contribution >= 0.6 is 0 Å². The summed E-state index contributed by atoms with van der Waals surface area (Å²) in [7, 11) is 0. The van der Waals surface area contributed by atoms with Gasteiger partial charge in [-0.2, -0.15) is 26.3 Å². The third-order valence-corrected chi connectivity index (χ3v) is 5.75. The van der Waals surface area contributed by atoms with E-state index in [4.69, 9.17) is 5.11 Å². The fourth-order valence-corrected chi connectivity index (χ4v) is 3.97. The SMILES string of the molecule is CCC(NC(=O)NCc1ccccc1)c1cc(C(F)(F)F)ccc1-c1cc(CC(=O)O)cc(C(F)(F)F)c1. The van der Waals surface area contributed by atoms with Crippen molar-refractivity contribution in [3.8, 4) is 11.1 Å². The quantitative estimate of drug-likeness (QED) is 0.271. The number of urea groups is 1. The molecule has 0 saturated carbocycles. The molecule has 0 heterocycles. The van der Waals surface area contributed by atoms with Crippen LogP contribution < -0.4 is 10.6 Å². The molecule has 3 aromatic rings. The molecule has 2 amide bonds. The van der Waals surface area contributed by atoms with Gasteiger partial charge < -0.3 is 15.7 Å². The number of hydrogen-bond donors (Lipinski definition) is 3. The van der Waals surface area contributed by atoms with Crippen molar-refractivity contribution >= 4 is 12.0 Å². The van der Waals surface area contributed by atoms with E-state index in [-0.39, 0.29) is 35.2 Å². The number of amides is 2. The van der Waals surface area contributed by atoms with Crippen molar-refractivity contribution in [1.29, 1.82) is 0 Å². The van der Waals surface area contributed by atoms with Gasteiger partial charge in [0.25, 0.3) is 0 Å². The Balaban J connectivity index is 2.05. The number of alkyl halides is 6. The van der Waals surface area contributed by atoms with Crippen LogP contribution in [-0.2, 0) is 30.1 Å². The average Bonchev–Trinajstić information content (AvgIpc) is 2.84. The number of aliphatic carboxylic acids is 1. The van der Waals surface area contributed by atoms with Crippen LogP contribution in [0, 0.1) is 0 Å². The molecular formula is C27H24F6N2O3. The summed E-state index contributed by atoms with van der Waals surface area (Å²) in [5.41, 5.74) is -1.74. The first-order chi connectivity index (χ1) is 17.8. The number of halogens is 6. The van der Waals surface area contributed by atoms with Gasteiger partial charge in [-0.15, -0.1) is 0 Å². The Kier molecular flexibility index (Phi) is 8.70. The Morgan fingerprint density at radius 2 is 1.50 bits per heavy atom. The van der Waals surface area contributed by atoms with E-state index in [0.29, 0.717) is 6.07 Å². The predicted octanol–water partition coefficient (Wildman–Crippen LogP) is 6.97. The molecule has 0 aliphatic carbocycles. The van der Waals surface area contributed by atoms with Crippen LogP contribution in [0.5, 0.6) is 0 Å². The van der Waals surface area contributed by atoms with Crippen molar-refractivity contribution in [2.24, 2.45) is 0 Å².